The van der Waals surface area contributed by atoms with Crippen molar-refractivity contribution < 1.29 is 24.9 Å². The zero-order chi connectivity index (χ0) is 13.3. The zero-order valence-corrected chi connectivity index (χ0v) is 9.64. The molecular weight excluding hydrogens is 240 g/mol. The van der Waals surface area contributed by atoms with Crippen molar-refractivity contribution in [1.82, 2.24) is 4.90 Å². The molecular formula is C11H16N2O5. The van der Waals surface area contributed by atoms with Crippen LogP contribution in [0.1, 0.15) is 0 Å². The Kier molecular flexibility index (Phi) is 3.67. The lowest BCUT2D eigenvalue weighted by atomic mass is 10.1. The number of hydrogen-bond acceptors (Lipinski definition) is 6. The van der Waals surface area contributed by atoms with Gasteiger partial charge in [-0.25, -0.2) is 0 Å². The number of carbonyl (C=O) groups is 1. The third-order valence-corrected chi connectivity index (χ3v) is 3.09. The molecule has 2 heterocycles. The molecule has 1 amide bonds. The second kappa shape index (κ2) is 5.07. The van der Waals surface area contributed by atoms with Crippen LogP contribution >= 0.6 is 0 Å². The molecule has 7 nitrogen and oxygen atoms in total. The van der Waals surface area contributed by atoms with E-state index in [9.17, 15) is 15.0 Å². The zero-order valence-electron chi connectivity index (χ0n) is 9.64. The van der Waals surface area contributed by atoms with Gasteiger partial charge in [0.05, 0.1) is 13.2 Å². The van der Waals surface area contributed by atoms with E-state index >= 15 is 0 Å². The van der Waals surface area contributed by atoms with Gasteiger partial charge in [-0.3, -0.25) is 4.79 Å². The van der Waals surface area contributed by atoms with Crippen LogP contribution in [-0.2, 0) is 9.53 Å². The number of amides is 1. The molecule has 2 unspecified atom stereocenters. The molecule has 18 heavy (non-hydrogen) atoms. The first-order valence-corrected chi connectivity index (χ1v) is 5.60. The smallest absolute Gasteiger partial charge is 0.246 e. The van der Waals surface area contributed by atoms with E-state index in [1.54, 1.807) is 23.3 Å². The largest absolute Gasteiger partial charge is 0.394 e. The molecule has 1 saturated heterocycles. The van der Waals surface area contributed by atoms with Gasteiger partial charge in [0.2, 0.25) is 5.91 Å². The molecule has 0 aromatic heterocycles. The summed E-state index contributed by atoms with van der Waals surface area (Å²) in [5.41, 5.74) is 5.57. The van der Waals surface area contributed by atoms with Crippen molar-refractivity contribution in [3.8, 4) is 0 Å². The summed E-state index contributed by atoms with van der Waals surface area (Å²) in [6.07, 6.45) is 0.874. The van der Waals surface area contributed by atoms with Gasteiger partial charge in [-0.2, -0.15) is 0 Å². The summed E-state index contributed by atoms with van der Waals surface area (Å²) in [4.78, 5) is 12.6. The van der Waals surface area contributed by atoms with Gasteiger partial charge < -0.3 is 30.7 Å². The van der Waals surface area contributed by atoms with Crippen molar-refractivity contribution in [3.63, 3.8) is 0 Å². The maximum atomic E-state index is 11.1. The molecule has 0 aromatic carbocycles. The lowest BCUT2D eigenvalue weighted by Crippen LogP contribution is -2.43. The van der Waals surface area contributed by atoms with Gasteiger partial charge in [0.15, 0.2) is 6.23 Å². The predicted molar refractivity (Wildman–Crippen MR) is 60.9 cm³/mol. The average molecular weight is 256 g/mol. The molecule has 4 atom stereocenters. The normalized spacial score (nSPS) is 35.7. The number of rotatable bonds is 3. The van der Waals surface area contributed by atoms with Crippen LogP contribution in [0.4, 0.5) is 0 Å². The fourth-order valence-corrected chi connectivity index (χ4v) is 2.06. The lowest BCUT2D eigenvalue weighted by molar-refractivity contribution is -0.115. The Bertz CT molecular complexity index is 395. The van der Waals surface area contributed by atoms with Crippen molar-refractivity contribution in [2.24, 2.45) is 5.73 Å². The number of allylic oxidation sites excluding steroid dienone is 2. The highest BCUT2D eigenvalue weighted by Crippen LogP contribution is 2.25. The molecule has 0 spiro atoms. The lowest BCUT2D eigenvalue weighted by Gasteiger charge is -2.31. The molecule has 1 fully saturated rings. The molecule has 2 rings (SSSR count). The van der Waals surface area contributed by atoms with Crippen LogP contribution in [0.15, 0.2) is 23.9 Å². The summed E-state index contributed by atoms with van der Waals surface area (Å²) < 4.78 is 5.35. The molecule has 0 aromatic rings. The molecule has 0 radical (unpaired) electrons. The van der Waals surface area contributed by atoms with Crippen LogP contribution in [0, 0.1) is 0 Å². The van der Waals surface area contributed by atoms with Crippen LogP contribution in [-0.4, -0.2) is 63.8 Å². The number of primary amides is 1. The van der Waals surface area contributed by atoms with Gasteiger partial charge in [0.25, 0.3) is 0 Å². The van der Waals surface area contributed by atoms with Crippen molar-refractivity contribution in [2.75, 3.05) is 13.2 Å². The number of aliphatic hydroxyl groups is 3. The minimum Gasteiger partial charge on any atom is -0.394 e. The highest BCUT2D eigenvalue weighted by atomic mass is 16.6. The number of hydrogen-bond donors (Lipinski definition) is 4. The Morgan fingerprint density at radius 3 is 2.78 bits per heavy atom. The minimum atomic E-state index is -1.16. The van der Waals surface area contributed by atoms with E-state index in [4.69, 9.17) is 15.6 Å². The average Bonchev–Trinajstić information content (AvgIpc) is 2.66. The van der Waals surface area contributed by atoms with Crippen LogP contribution < -0.4 is 5.73 Å². The van der Waals surface area contributed by atoms with E-state index in [0.717, 1.165) is 0 Å². The van der Waals surface area contributed by atoms with Gasteiger partial charge >= 0.3 is 0 Å². The van der Waals surface area contributed by atoms with Crippen LogP contribution in [0.2, 0.25) is 0 Å². The standard InChI is InChI=1S/C11H16N2O5/c12-10(17)6-2-1-3-13(4-6)11-9(16)8(15)7(5-14)18-11/h1-3,7-9,11,14-16H,4-5H2,(H2,12,17)/t7-,8?,9?,11-/m1/s1. The Morgan fingerprint density at radius 1 is 1.50 bits per heavy atom. The van der Waals surface area contributed by atoms with Gasteiger partial charge in [-0.1, -0.05) is 6.08 Å². The fourth-order valence-electron chi connectivity index (χ4n) is 2.06. The Labute approximate surface area is 104 Å². The van der Waals surface area contributed by atoms with Crippen molar-refractivity contribution >= 4 is 5.91 Å². The first-order chi connectivity index (χ1) is 8.54. The predicted octanol–water partition coefficient (Wildman–Crippen LogP) is -2.33. The SMILES string of the molecule is NC(=O)C1=CC=CN([C@@H]2O[C@H](CO)C(O)C2O)C1. The molecule has 5 N–H and O–H groups in total. The van der Waals surface area contributed by atoms with Gasteiger partial charge in [-0.05, 0) is 6.08 Å². The maximum Gasteiger partial charge on any atom is 0.246 e. The summed E-state index contributed by atoms with van der Waals surface area (Å²) in [5.74, 6) is -0.545. The molecule has 0 saturated carbocycles. The molecule has 0 aliphatic carbocycles. The summed E-state index contributed by atoms with van der Waals surface area (Å²) in [6.45, 7) is -0.191. The molecule has 2 aliphatic heterocycles. The Balaban J connectivity index is 2.08. The van der Waals surface area contributed by atoms with E-state index in [1.807, 2.05) is 0 Å². The number of nitrogens with zero attached hydrogens (tertiary/aromatic N) is 1. The Morgan fingerprint density at radius 2 is 2.22 bits per heavy atom. The highest BCUT2D eigenvalue weighted by molar-refractivity contribution is 5.92. The second-order valence-electron chi connectivity index (χ2n) is 4.30. The number of ether oxygens (including phenoxy) is 1. The topological polar surface area (TPSA) is 116 Å². The molecule has 100 valence electrons. The third kappa shape index (κ3) is 2.25. The van der Waals surface area contributed by atoms with Gasteiger partial charge in [0, 0.05) is 11.8 Å². The summed E-state index contributed by atoms with van der Waals surface area (Å²) in [7, 11) is 0. The number of nitrogens with two attached hydrogens (primary N) is 1. The van der Waals surface area contributed by atoms with Crippen molar-refractivity contribution in [2.45, 2.75) is 24.5 Å². The van der Waals surface area contributed by atoms with E-state index in [0.29, 0.717) is 5.57 Å². The van der Waals surface area contributed by atoms with E-state index in [2.05, 4.69) is 0 Å². The van der Waals surface area contributed by atoms with E-state index < -0.39 is 30.4 Å². The van der Waals surface area contributed by atoms with E-state index in [1.165, 1.54) is 0 Å². The van der Waals surface area contributed by atoms with Gasteiger partial charge in [-0.15, -0.1) is 0 Å². The summed E-state index contributed by atoms with van der Waals surface area (Å²) in [5, 5.41) is 28.5. The van der Waals surface area contributed by atoms with E-state index in [-0.39, 0.29) is 13.2 Å². The van der Waals surface area contributed by atoms with Crippen LogP contribution in [0.5, 0.6) is 0 Å². The van der Waals surface area contributed by atoms with Crippen molar-refractivity contribution in [3.05, 3.63) is 23.9 Å². The Hall–Kier alpha value is -1.41. The molecule has 2 aliphatic rings. The number of aliphatic hydroxyl groups excluding tert-OH is 3. The first kappa shape index (κ1) is 13.0. The quantitative estimate of drug-likeness (QED) is 0.450. The second-order valence-corrected chi connectivity index (χ2v) is 4.30. The molecule has 7 heteroatoms. The van der Waals surface area contributed by atoms with Gasteiger partial charge in [0.1, 0.15) is 18.3 Å². The summed E-state index contributed by atoms with van der Waals surface area (Å²) in [6, 6.07) is 0. The minimum absolute atomic E-state index is 0.193. The van der Waals surface area contributed by atoms with Crippen molar-refractivity contribution in [1.29, 1.82) is 0 Å². The third-order valence-electron chi connectivity index (χ3n) is 3.09. The maximum absolute atomic E-state index is 11.1. The summed E-state index contributed by atoms with van der Waals surface area (Å²) >= 11 is 0. The fraction of sp³-hybridized carbons (Fsp3) is 0.545. The van der Waals surface area contributed by atoms with Crippen LogP contribution in [0.3, 0.4) is 0 Å². The molecule has 0 bridgehead atoms. The number of carbonyl (C=O) groups excluding carboxylic acids is 1. The first-order valence-electron chi connectivity index (χ1n) is 5.60. The van der Waals surface area contributed by atoms with Crippen LogP contribution in [0.25, 0.3) is 0 Å². The monoisotopic (exact) mass is 256 g/mol. The highest BCUT2D eigenvalue weighted by Gasteiger charge is 2.44.